The van der Waals surface area contributed by atoms with Gasteiger partial charge in [0, 0.05) is 16.8 Å². The fraction of sp³-hybridized carbons (Fsp3) is 0.500. The predicted molar refractivity (Wildman–Crippen MR) is 77.8 cm³/mol. The number of hydrogen-bond donors (Lipinski definition) is 2. The Morgan fingerprint density at radius 3 is 2.47 bits per heavy atom. The van der Waals surface area contributed by atoms with Gasteiger partial charge in [-0.3, -0.25) is 11.3 Å². The molecule has 4 nitrogen and oxygen atoms in total. The molecule has 0 aromatic heterocycles. The molecule has 0 aliphatic carbocycles. The summed E-state index contributed by atoms with van der Waals surface area (Å²) in [5.74, 6) is 5.05. The van der Waals surface area contributed by atoms with Crippen molar-refractivity contribution >= 4 is 25.8 Å². The minimum atomic E-state index is -3.33. The molecule has 0 fully saturated rings. The molecule has 1 aromatic carbocycles. The minimum Gasteiger partial charge on any atom is -0.271 e. The van der Waals surface area contributed by atoms with E-state index >= 15 is 0 Å². The molecule has 3 N–H and O–H groups in total. The molecule has 108 valence electrons. The Labute approximate surface area is 121 Å². The summed E-state index contributed by atoms with van der Waals surface area (Å²) in [6.07, 6.45) is 1.34. The van der Waals surface area contributed by atoms with Gasteiger partial charge in [-0.1, -0.05) is 22.0 Å². The Morgan fingerprint density at radius 2 is 2.05 bits per heavy atom. The quantitative estimate of drug-likeness (QED) is 0.625. The lowest BCUT2D eigenvalue weighted by atomic mass is 9.96. The summed E-state index contributed by atoms with van der Waals surface area (Å²) >= 11 is 3.17. The Morgan fingerprint density at radius 1 is 1.47 bits per heavy atom. The normalized spacial score (nSPS) is 14.4. The third kappa shape index (κ3) is 3.75. The van der Waals surface area contributed by atoms with Gasteiger partial charge in [-0.25, -0.2) is 12.8 Å². The van der Waals surface area contributed by atoms with Crippen LogP contribution in [-0.4, -0.2) is 25.5 Å². The van der Waals surface area contributed by atoms with Gasteiger partial charge in [0.2, 0.25) is 0 Å². The van der Waals surface area contributed by atoms with Crippen LogP contribution in [0.25, 0.3) is 0 Å². The highest BCUT2D eigenvalue weighted by Gasteiger charge is 2.38. The summed E-state index contributed by atoms with van der Waals surface area (Å²) in [5.41, 5.74) is 2.90. The van der Waals surface area contributed by atoms with E-state index in [0.717, 1.165) is 6.26 Å². The Balaban J connectivity index is 3.07. The third-order valence-corrected chi connectivity index (χ3v) is 6.12. The van der Waals surface area contributed by atoms with Gasteiger partial charge >= 0.3 is 0 Å². The number of nitrogens with one attached hydrogen (secondary N) is 1. The molecule has 0 spiro atoms. The molecule has 1 rings (SSSR count). The highest BCUT2D eigenvalue weighted by Crippen LogP contribution is 2.24. The number of hydrogen-bond acceptors (Lipinski definition) is 4. The summed E-state index contributed by atoms with van der Waals surface area (Å²) in [6.45, 7) is 3.15. The van der Waals surface area contributed by atoms with E-state index in [4.69, 9.17) is 5.84 Å². The van der Waals surface area contributed by atoms with Gasteiger partial charge in [-0.2, -0.15) is 0 Å². The largest absolute Gasteiger partial charge is 0.271 e. The van der Waals surface area contributed by atoms with E-state index in [-0.39, 0.29) is 12.2 Å². The first-order valence-electron chi connectivity index (χ1n) is 5.69. The summed E-state index contributed by atoms with van der Waals surface area (Å²) in [4.78, 5) is 0. The van der Waals surface area contributed by atoms with Crippen LogP contribution in [-0.2, 0) is 16.3 Å². The summed E-state index contributed by atoms with van der Waals surface area (Å²) in [7, 11) is -3.33. The second kappa shape index (κ2) is 5.87. The van der Waals surface area contributed by atoms with E-state index in [2.05, 4.69) is 21.4 Å². The highest BCUT2D eigenvalue weighted by atomic mass is 79.9. The molecule has 1 atom stereocenters. The second-order valence-corrected chi connectivity index (χ2v) is 8.55. The molecular formula is C12H18BrFN2O2S. The number of halogens is 2. The summed E-state index contributed by atoms with van der Waals surface area (Å²) < 4.78 is 36.9. The molecule has 1 aromatic rings. The second-order valence-electron chi connectivity index (χ2n) is 5.03. The number of benzene rings is 1. The molecule has 0 heterocycles. The maximum Gasteiger partial charge on any atom is 0.154 e. The zero-order valence-corrected chi connectivity index (χ0v) is 13.5. The molecule has 1 unspecified atom stereocenters. The number of sulfone groups is 1. The highest BCUT2D eigenvalue weighted by molar-refractivity contribution is 9.10. The van der Waals surface area contributed by atoms with Crippen LogP contribution < -0.4 is 11.3 Å². The van der Waals surface area contributed by atoms with Crippen LogP contribution in [0.1, 0.15) is 19.4 Å². The van der Waals surface area contributed by atoms with Gasteiger partial charge in [-0.05, 0) is 38.0 Å². The molecule has 0 amide bonds. The molecule has 0 saturated heterocycles. The van der Waals surface area contributed by atoms with Gasteiger partial charge in [-0.15, -0.1) is 0 Å². The number of hydrazine groups is 1. The SMILES string of the molecule is CC(C)(C(Cc1ccc(Br)cc1F)NN)S(C)(=O)=O. The minimum absolute atomic E-state index is 0.190. The number of rotatable bonds is 5. The maximum absolute atomic E-state index is 13.8. The zero-order valence-electron chi connectivity index (χ0n) is 11.1. The van der Waals surface area contributed by atoms with E-state index in [0.29, 0.717) is 10.0 Å². The van der Waals surface area contributed by atoms with Gasteiger partial charge in [0.25, 0.3) is 0 Å². The fourth-order valence-electron chi connectivity index (χ4n) is 1.67. The van der Waals surface area contributed by atoms with Crippen molar-refractivity contribution in [2.75, 3.05) is 6.26 Å². The van der Waals surface area contributed by atoms with E-state index in [1.54, 1.807) is 26.0 Å². The van der Waals surface area contributed by atoms with Crippen LogP contribution in [0.4, 0.5) is 4.39 Å². The first-order chi connectivity index (χ1) is 8.59. The molecule has 0 aliphatic rings. The predicted octanol–water partition coefficient (Wildman–Crippen LogP) is 1.79. The van der Waals surface area contributed by atoms with Crippen LogP contribution in [0.5, 0.6) is 0 Å². The van der Waals surface area contributed by atoms with Gasteiger partial charge < -0.3 is 0 Å². The van der Waals surface area contributed by atoms with E-state index in [1.807, 2.05) is 0 Å². The Bertz CT molecular complexity index is 561. The lowest BCUT2D eigenvalue weighted by molar-refractivity contribution is 0.408. The van der Waals surface area contributed by atoms with Crippen LogP contribution in [0, 0.1) is 5.82 Å². The summed E-state index contributed by atoms with van der Waals surface area (Å²) in [5, 5.41) is 0. The molecule has 0 radical (unpaired) electrons. The fourth-order valence-corrected chi connectivity index (χ4v) is 2.67. The van der Waals surface area contributed by atoms with Gasteiger partial charge in [0.05, 0.1) is 4.75 Å². The van der Waals surface area contributed by atoms with Gasteiger partial charge in [0.1, 0.15) is 5.82 Å². The van der Waals surface area contributed by atoms with Crippen molar-refractivity contribution in [1.82, 2.24) is 5.43 Å². The lowest BCUT2D eigenvalue weighted by Gasteiger charge is -2.32. The van der Waals surface area contributed by atoms with Crippen molar-refractivity contribution < 1.29 is 12.8 Å². The van der Waals surface area contributed by atoms with Crippen molar-refractivity contribution in [3.63, 3.8) is 0 Å². The average Bonchev–Trinajstić information content (AvgIpc) is 2.26. The maximum atomic E-state index is 13.8. The van der Waals surface area contributed by atoms with Crippen molar-refractivity contribution in [2.45, 2.75) is 31.1 Å². The first kappa shape index (κ1) is 16.6. The molecule has 19 heavy (non-hydrogen) atoms. The zero-order chi connectivity index (χ0) is 14.8. The Hall–Kier alpha value is -0.500. The first-order valence-corrected chi connectivity index (χ1v) is 8.37. The molecule has 7 heteroatoms. The molecule has 0 aliphatic heterocycles. The van der Waals surface area contributed by atoms with E-state index < -0.39 is 20.6 Å². The van der Waals surface area contributed by atoms with Crippen molar-refractivity contribution in [2.24, 2.45) is 5.84 Å². The Kier molecular flexibility index (Phi) is 5.11. The average molecular weight is 353 g/mol. The van der Waals surface area contributed by atoms with Crippen LogP contribution in [0.2, 0.25) is 0 Å². The van der Waals surface area contributed by atoms with Crippen LogP contribution in [0.3, 0.4) is 0 Å². The topological polar surface area (TPSA) is 72.2 Å². The molecule has 0 bridgehead atoms. The third-order valence-electron chi connectivity index (χ3n) is 3.44. The van der Waals surface area contributed by atoms with Crippen LogP contribution in [0.15, 0.2) is 22.7 Å². The summed E-state index contributed by atoms with van der Waals surface area (Å²) in [6, 6.07) is 4.08. The smallest absolute Gasteiger partial charge is 0.154 e. The van der Waals surface area contributed by atoms with E-state index in [9.17, 15) is 12.8 Å². The standard InChI is InChI=1S/C12H18BrFN2O2S/c1-12(2,19(3,17)18)11(16-15)6-8-4-5-9(13)7-10(8)14/h4-5,7,11,16H,6,15H2,1-3H3. The monoisotopic (exact) mass is 352 g/mol. The van der Waals surface area contributed by atoms with Crippen molar-refractivity contribution in [3.8, 4) is 0 Å². The molecular weight excluding hydrogens is 335 g/mol. The van der Waals surface area contributed by atoms with Gasteiger partial charge in [0.15, 0.2) is 9.84 Å². The molecule has 0 saturated carbocycles. The van der Waals surface area contributed by atoms with Crippen molar-refractivity contribution in [1.29, 1.82) is 0 Å². The van der Waals surface area contributed by atoms with Crippen molar-refractivity contribution in [3.05, 3.63) is 34.1 Å². The lowest BCUT2D eigenvalue weighted by Crippen LogP contribution is -2.55. The number of nitrogens with two attached hydrogens (primary N) is 1. The van der Waals surface area contributed by atoms with Crippen LogP contribution >= 0.6 is 15.9 Å². The van der Waals surface area contributed by atoms with E-state index in [1.165, 1.54) is 6.07 Å².